The van der Waals surface area contributed by atoms with Gasteiger partial charge in [-0.15, -0.1) is 0 Å². The largest absolute Gasteiger partial charge is 0.492 e. The molecule has 1 aromatic carbocycles. The van der Waals surface area contributed by atoms with E-state index in [1.54, 1.807) is 7.11 Å². The lowest BCUT2D eigenvalue weighted by Crippen LogP contribution is -2.40. The fourth-order valence-corrected chi connectivity index (χ4v) is 5.19. The summed E-state index contributed by atoms with van der Waals surface area (Å²) in [6.07, 6.45) is 1.64. The van der Waals surface area contributed by atoms with Crippen LogP contribution in [0.4, 0.5) is 5.69 Å². The van der Waals surface area contributed by atoms with Crippen LogP contribution >= 0.6 is 0 Å². The van der Waals surface area contributed by atoms with Gasteiger partial charge in [-0.2, -0.15) is 3.71 Å². The van der Waals surface area contributed by atoms with E-state index in [1.807, 2.05) is 6.92 Å². The number of nitrogens with two attached hydrogens (primary N) is 1. The van der Waals surface area contributed by atoms with E-state index in [2.05, 4.69) is 10.3 Å². The fraction of sp³-hybridized carbons (Fsp3) is 0.533. The van der Waals surface area contributed by atoms with Crippen LogP contribution < -0.4 is 19.5 Å². The molecule has 0 bridgehead atoms. The van der Waals surface area contributed by atoms with Crippen LogP contribution in [0.15, 0.2) is 29.3 Å². The predicted octanol–water partition coefficient (Wildman–Crippen LogP) is -0.270. The van der Waals surface area contributed by atoms with Crippen LogP contribution in [0, 0.1) is 0 Å². The van der Waals surface area contributed by atoms with Gasteiger partial charge in [-0.1, -0.05) is 0 Å². The van der Waals surface area contributed by atoms with Gasteiger partial charge < -0.3 is 20.5 Å². The molecular weight excluding hydrogens is 396 g/mol. The standard InChI is InChI=1S/C15H26N4O6S2/c1-12(11-24-2)18-15(16)17-9-10-25-14-7-5-13(6-8-14)19(26(3,20)21)27(4,22)23/h5-8,12H,9-11H2,1-4H3,(H3,16,17,18). The van der Waals surface area contributed by atoms with Gasteiger partial charge >= 0.3 is 0 Å². The Morgan fingerprint density at radius 3 is 2.22 bits per heavy atom. The van der Waals surface area contributed by atoms with Crippen LogP contribution in [0.2, 0.25) is 0 Å². The second kappa shape index (κ2) is 9.76. The normalized spacial score (nSPS) is 13.9. The van der Waals surface area contributed by atoms with E-state index in [9.17, 15) is 16.8 Å². The lowest BCUT2D eigenvalue weighted by atomic mass is 10.3. The number of aliphatic imine (C=N–C) groups is 1. The van der Waals surface area contributed by atoms with Gasteiger partial charge in [0.05, 0.1) is 31.4 Å². The molecule has 12 heteroatoms. The molecule has 0 heterocycles. The minimum Gasteiger partial charge on any atom is -0.492 e. The minimum absolute atomic E-state index is 0.00551. The summed E-state index contributed by atoms with van der Waals surface area (Å²) < 4.78 is 57.7. The van der Waals surface area contributed by atoms with Crippen molar-refractivity contribution in [3.8, 4) is 5.75 Å². The Balaban J connectivity index is 2.65. The summed E-state index contributed by atoms with van der Waals surface area (Å²) in [6.45, 7) is 2.94. The number of hydrogen-bond donors (Lipinski definition) is 2. The number of benzene rings is 1. The number of guanidine groups is 1. The number of methoxy groups -OCH3 is 1. The van der Waals surface area contributed by atoms with Crippen LogP contribution in [0.1, 0.15) is 6.92 Å². The number of hydrogen-bond acceptors (Lipinski definition) is 7. The van der Waals surface area contributed by atoms with Crippen LogP contribution in [0.25, 0.3) is 0 Å². The van der Waals surface area contributed by atoms with Crippen molar-refractivity contribution >= 4 is 31.7 Å². The molecule has 1 atom stereocenters. The molecule has 0 spiro atoms. The minimum atomic E-state index is -3.98. The number of nitrogens with one attached hydrogen (secondary N) is 1. The molecule has 0 aliphatic heterocycles. The molecule has 0 fully saturated rings. The van der Waals surface area contributed by atoms with Crippen LogP contribution in [-0.2, 0) is 24.8 Å². The average molecular weight is 423 g/mol. The highest BCUT2D eigenvalue weighted by molar-refractivity contribution is 8.09. The van der Waals surface area contributed by atoms with Crippen LogP contribution in [-0.4, -0.2) is 68.2 Å². The summed E-state index contributed by atoms with van der Waals surface area (Å²) in [5.41, 5.74) is 5.73. The SMILES string of the molecule is COCC(C)NC(N)=NCCOc1ccc(N(S(C)(=O)=O)S(C)(=O)=O)cc1. The summed E-state index contributed by atoms with van der Waals surface area (Å²) in [4.78, 5) is 4.11. The summed E-state index contributed by atoms with van der Waals surface area (Å²) >= 11 is 0. The highest BCUT2D eigenvalue weighted by atomic mass is 32.3. The molecule has 10 nitrogen and oxygen atoms in total. The number of anilines is 1. The van der Waals surface area contributed by atoms with Crippen molar-refractivity contribution in [1.82, 2.24) is 5.32 Å². The molecule has 0 saturated carbocycles. The lowest BCUT2D eigenvalue weighted by Gasteiger charge is -2.19. The Morgan fingerprint density at radius 1 is 1.19 bits per heavy atom. The third-order valence-corrected chi connectivity index (χ3v) is 6.35. The molecule has 27 heavy (non-hydrogen) atoms. The van der Waals surface area contributed by atoms with Crippen molar-refractivity contribution in [2.75, 3.05) is 43.1 Å². The smallest absolute Gasteiger partial charge is 0.245 e. The van der Waals surface area contributed by atoms with Gasteiger partial charge in [-0.05, 0) is 31.2 Å². The van der Waals surface area contributed by atoms with E-state index >= 15 is 0 Å². The Kier molecular flexibility index (Phi) is 8.31. The van der Waals surface area contributed by atoms with Gasteiger partial charge in [0, 0.05) is 13.2 Å². The van der Waals surface area contributed by atoms with E-state index < -0.39 is 20.0 Å². The molecule has 0 aromatic heterocycles. The molecule has 3 N–H and O–H groups in total. The fourth-order valence-electron chi connectivity index (χ4n) is 2.21. The Morgan fingerprint density at radius 2 is 1.74 bits per heavy atom. The molecule has 0 radical (unpaired) electrons. The predicted molar refractivity (Wildman–Crippen MR) is 105 cm³/mol. The zero-order chi connectivity index (χ0) is 20.7. The zero-order valence-electron chi connectivity index (χ0n) is 15.7. The van der Waals surface area contributed by atoms with Gasteiger partial charge in [-0.3, -0.25) is 0 Å². The third kappa shape index (κ3) is 8.01. The molecule has 0 amide bonds. The molecule has 1 unspecified atom stereocenters. The number of nitrogens with zero attached hydrogens (tertiary/aromatic N) is 2. The zero-order valence-corrected chi connectivity index (χ0v) is 17.4. The van der Waals surface area contributed by atoms with Crippen LogP contribution in [0.3, 0.4) is 0 Å². The average Bonchev–Trinajstić information content (AvgIpc) is 2.50. The van der Waals surface area contributed by atoms with Gasteiger partial charge in [0.25, 0.3) is 0 Å². The van der Waals surface area contributed by atoms with Crippen molar-refractivity contribution in [3.63, 3.8) is 0 Å². The van der Waals surface area contributed by atoms with Crippen molar-refractivity contribution in [3.05, 3.63) is 24.3 Å². The Labute approximate surface area is 160 Å². The second-order valence-electron chi connectivity index (χ2n) is 5.83. The van der Waals surface area contributed by atoms with Gasteiger partial charge in [0.1, 0.15) is 12.4 Å². The molecule has 154 valence electrons. The number of sulfonamides is 2. The van der Waals surface area contributed by atoms with Crippen molar-refractivity contribution < 1.29 is 26.3 Å². The Hall–Kier alpha value is -2.05. The summed E-state index contributed by atoms with van der Waals surface area (Å²) in [5.74, 6) is 0.714. The topological polar surface area (TPSA) is 140 Å². The van der Waals surface area contributed by atoms with E-state index in [1.165, 1.54) is 24.3 Å². The molecule has 0 aliphatic carbocycles. The van der Waals surface area contributed by atoms with Crippen molar-refractivity contribution in [1.29, 1.82) is 0 Å². The summed E-state index contributed by atoms with van der Waals surface area (Å²) in [7, 11) is -6.36. The maximum atomic E-state index is 11.7. The summed E-state index contributed by atoms with van der Waals surface area (Å²) in [5, 5.41) is 2.96. The van der Waals surface area contributed by atoms with E-state index in [0.717, 1.165) is 12.5 Å². The quantitative estimate of drug-likeness (QED) is 0.298. The van der Waals surface area contributed by atoms with E-state index in [0.29, 0.717) is 22.6 Å². The maximum Gasteiger partial charge on any atom is 0.245 e. The van der Waals surface area contributed by atoms with Gasteiger partial charge in [-0.25, -0.2) is 21.8 Å². The first kappa shape index (κ1) is 23.0. The van der Waals surface area contributed by atoms with Crippen molar-refractivity contribution in [2.24, 2.45) is 10.7 Å². The first-order valence-corrected chi connectivity index (χ1v) is 11.6. The molecule has 1 aromatic rings. The van der Waals surface area contributed by atoms with E-state index in [4.69, 9.17) is 15.2 Å². The lowest BCUT2D eigenvalue weighted by molar-refractivity contribution is 0.179. The monoisotopic (exact) mass is 422 g/mol. The number of rotatable bonds is 10. The second-order valence-corrected chi connectivity index (χ2v) is 9.73. The van der Waals surface area contributed by atoms with Gasteiger partial charge in [0.2, 0.25) is 20.0 Å². The highest BCUT2D eigenvalue weighted by Gasteiger charge is 2.27. The van der Waals surface area contributed by atoms with Gasteiger partial charge in [0.15, 0.2) is 5.96 Å². The molecule has 0 saturated heterocycles. The molecular formula is C15H26N4O6S2. The van der Waals surface area contributed by atoms with E-state index in [-0.39, 0.29) is 24.3 Å². The number of ether oxygens (including phenoxy) is 2. The summed E-state index contributed by atoms with van der Waals surface area (Å²) in [6, 6.07) is 5.68. The molecule has 0 aliphatic rings. The third-order valence-electron chi connectivity index (χ3n) is 3.10. The van der Waals surface area contributed by atoms with Crippen molar-refractivity contribution in [2.45, 2.75) is 13.0 Å². The Bertz CT molecular complexity index is 806. The van der Waals surface area contributed by atoms with Crippen LogP contribution in [0.5, 0.6) is 5.75 Å². The first-order valence-electron chi connectivity index (χ1n) is 7.94. The maximum absolute atomic E-state index is 11.7. The highest BCUT2D eigenvalue weighted by Crippen LogP contribution is 2.23. The molecule has 1 rings (SSSR count). The first-order chi connectivity index (χ1) is 12.4.